The zero-order valence-electron chi connectivity index (χ0n) is 12.2. The molecule has 0 spiro atoms. The first-order valence-electron chi connectivity index (χ1n) is 7.02. The van der Waals surface area contributed by atoms with Crippen molar-refractivity contribution >= 4 is 11.2 Å². The molecule has 2 heterocycles. The molecule has 1 aromatic carbocycles. The van der Waals surface area contributed by atoms with Crippen molar-refractivity contribution in [3.63, 3.8) is 0 Å². The van der Waals surface area contributed by atoms with Crippen molar-refractivity contribution in [1.82, 2.24) is 14.5 Å². The maximum Gasteiger partial charge on any atom is 0.160 e. The van der Waals surface area contributed by atoms with Gasteiger partial charge in [-0.15, -0.1) is 0 Å². The highest BCUT2D eigenvalue weighted by molar-refractivity contribution is 5.71. The van der Waals surface area contributed by atoms with E-state index >= 15 is 0 Å². The molecule has 0 fully saturated rings. The van der Waals surface area contributed by atoms with Crippen molar-refractivity contribution in [3.05, 3.63) is 59.5 Å². The van der Waals surface area contributed by atoms with Crippen LogP contribution in [0.2, 0.25) is 0 Å². The van der Waals surface area contributed by atoms with Gasteiger partial charge in [0.1, 0.15) is 11.3 Å². The molecule has 0 radical (unpaired) electrons. The van der Waals surface area contributed by atoms with E-state index in [1.54, 1.807) is 0 Å². The zero-order chi connectivity index (χ0) is 14.1. The maximum absolute atomic E-state index is 4.73. The van der Waals surface area contributed by atoms with Crippen molar-refractivity contribution in [2.75, 3.05) is 0 Å². The normalized spacial score (nSPS) is 11.4. The molecule has 0 aliphatic heterocycles. The highest BCUT2D eigenvalue weighted by Gasteiger charge is 2.14. The fourth-order valence-corrected chi connectivity index (χ4v) is 2.45. The topological polar surface area (TPSA) is 30.7 Å². The monoisotopic (exact) mass is 265 g/mol. The molecule has 20 heavy (non-hydrogen) atoms. The first kappa shape index (κ1) is 12.9. The Morgan fingerprint density at radius 3 is 2.55 bits per heavy atom. The highest BCUT2D eigenvalue weighted by atomic mass is 15.1. The lowest BCUT2D eigenvalue weighted by molar-refractivity contribution is 0.679. The van der Waals surface area contributed by atoms with E-state index in [1.807, 2.05) is 18.3 Å². The molecule has 3 heteroatoms. The Morgan fingerprint density at radius 1 is 1.10 bits per heavy atom. The van der Waals surface area contributed by atoms with Crippen LogP contribution in [0.5, 0.6) is 0 Å². The molecule has 0 unspecified atom stereocenters. The summed E-state index contributed by atoms with van der Waals surface area (Å²) in [5.74, 6) is 1.48. The molecule has 0 atom stereocenters. The first-order valence-corrected chi connectivity index (χ1v) is 7.02. The van der Waals surface area contributed by atoms with Crippen LogP contribution in [-0.4, -0.2) is 14.5 Å². The second-order valence-electron chi connectivity index (χ2n) is 5.54. The molecule has 0 saturated carbocycles. The number of benzene rings is 1. The van der Waals surface area contributed by atoms with Gasteiger partial charge in [-0.3, -0.25) is 0 Å². The van der Waals surface area contributed by atoms with Crippen LogP contribution in [0.15, 0.2) is 42.6 Å². The summed E-state index contributed by atoms with van der Waals surface area (Å²) in [4.78, 5) is 9.22. The van der Waals surface area contributed by atoms with Crippen molar-refractivity contribution in [1.29, 1.82) is 0 Å². The lowest BCUT2D eigenvalue weighted by atomic mass is 10.1. The van der Waals surface area contributed by atoms with Gasteiger partial charge in [-0.25, -0.2) is 9.97 Å². The number of imidazole rings is 1. The van der Waals surface area contributed by atoms with Crippen molar-refractivity contribution in [3.8, 4) is 0 Å². The van der Waals surface area contributed by atoms with Gasteiger partial charge in [0.25, 0.3) is 0 Å². The van der Waals surface area contributed by atoms with Crippen molar-refractivity contribution in [2.24, 2.45) is 0 Å². The molecule has 102 valence electrons. The molecule has 2 aromatic heterocycles. The van der Waals surface area contributed by atoms with E-state index < -0.39 is 0 Å². The molecular formula is C17H19N3. The average Bonchev–Trinajstić information content (AvgIpc) is 2.81. The highest BCUT2D eigenvalue weighted by Crippen LogP contribution is 2.21. The summed E-state index contributed by atoms with van der Waals surface area (Å²) in [6.07, 6.45) is 1.83. The Morgan fingerprint density at radius 2 is 1.85 bits per heavy atom. The summed E-state index contributed by atoms with van der Waals surface area (Å²) in [6, 6.07) is 12.6. The minimum absolute atomic E-state index is 0.384. The third-order valence-electron chi connectivity index (χ3n) is 3.51. The van der Waals surface area contributed by atoms with Crippen LogP contribution in [0.3, 0.4) is 0 Å². The van der Waals surface area contributed by atoms with Crippen LogP contribution >= 0.6 is 0 Å². The van der Waals surface area contributed by atoms with Gasteiger partial charge in [0.2, 0.25) is 0 Å². The number of rotatable bonds is 3. The van der Waals surface area contributed by atoms with Gasteiger partial charge in [0.05, 0.1) is 6.54 Å². The van der Waals surface area contributed by atoms with Crippen LogP contribution in [0.1, 0.15) is 36.7 Å². The van der Waals surface area contributed by atoms with Crippen molar-refractivity contribution < 1.29 is 0 Å². The minimum Gasteiger partial charge on any atom is -0.308 e. The number of fused-ring (bicyclic) bond motifs is 1. The number of aromatic nitrogens is 3. The Bertz CT molecular complexity index is 724. The fraction of sp³-hybridized carbons (Fsp3) is 0.294. The van der Waals surface area contributed by atoms with Gasteiger partial charge in [-0.1, -0.05) is 43.7 Å². The quantitative estimate of drug-likeness (QED) is 0.718. The lowest BCUT2D eigenvalue weighted by Gasteiger charge is -2.11. The van der Waals surface area contributed by atoms with E-state index in [2.05, 4.69) is 54.6 Å². The summed E-state index contributed by atoms with van der Waals surface area (Å²) in [7, 11) is 0. The molecule has 0 N–H and O–H groups in total. The number of nitrogens with zero attached hydrogens (tertiary/aromatic N) is 3. The predicted molar refractivity (Wildman–Crippen MR) is 81.9 cm³/mol. The van der Waals surface area contributed by atoms with Gasteiger partial charge < -0.3 is 4.57 Å². The SMILES string of the molecule is Cc1ccc(Cn2c(C(C)C)nc3cccnc32)cc1. The first-order chi connectivity index (χ1) is 9.65. The Balaban J connectivity index is 2.09. The molecular weight excluding hydrogens is 246 g/mol. The number of hydrogen-bond acceptors (Lipinski definition) is 2. The van der Waals surface area contributed by atoms with Crippen LogP contribution in [-0.2, 0) is 6.54 Å². The molecule has 3 nitrogen and oxygen atoms in total. The van der Waals surface area contributed by atoms with E-state index in [-0.39, 0.29) is 0 Å². The molecule has 0 bridgehead atoms. The zero-order valence-corrected chi connectivity index (χ0v) is 12.2. The predicted octanol–water partition coefficient (Wildman–Crippen LogP) is 3.91. The van der Waals surface area contributed by atoms with Gasteiger partial charge in [-0.2, -0.15) is 0 Å². The van der Waals surface area contributed by atoms with E-state index in [4.69, 9.17) is 4.98 Å². The summed E-state index contributed by atoms with van der Waals surface area (Å²) in [5.41, 5.74) is 4.51. The summed E-state index contributed by atoms with van der Waals surface area (Å²) < 4.78 is 2.23. The molecule has 0 aliphatic rings. The fourth-order valence-electron chi connectivity index (χ4n) is 2.45. The molecule has 0 amide bonds. The summed E-state index contributed by atoms with van der Waals surface area (Å²) in [5, 5.41) is 0. The number of hydrogen-bond donors (Lipinski definition) is 0. The molecule has 0 aliphatic carbocycles. The average molecular weight is 265 g/mol. The van der Waals surface area contributed by atoms with Gasteiger partial charge in [0, 0.05) is 12.1 Å². The van der Waals surface area contributed by atoms with Gasteiger partial charge in [0.15, 0.2) is 5.65 Å². The standard InChI is InChI=1S/C17H19N3/c1-12(2)16-19-15-5-4-10-18-17(15)20(16)11-14-8-6-13(3)7-9-14/h4-10,12H,11H2,1-3H3. The van der Waals surface area contributed by atoms with E-state index in [0.717, 1.165) is 23.5 Å². The minimum atomic E-state index is 0.384. The third-order valence-corrected chi connectivity index (χ3v) is 3.51. The number of aryl methyl sites for hydroxylation is 1. The smallest absolute Gasteiger partial charge is 0.160 e. The third kappa shape index (κ3) is 2.31. The van der Waals surface area contributed by atoms with E-state index in [1.165, 1.54) is 11.1 Å². The second-order valence-corrected chi connectivity index (χ2v) is 5.54. The Kier molecular flexibility index (Phi) is 3.26. The maximum atomic E-state index is 4.73. The van der Waals surface area contributed by atoms with Crippen molar-refractivity contribution in [2.45, 2.75) is 33.2 Å². The van der Waals surface area contributed by atoms with Crippen LogP contribution in [0.4, 0.5) is 0 Å². The molecule has 3 aromatic rings. The van der Waals surface area contributed by atoms with Crippen LogP contribution in [0, 0.1) is 6.92 Å². The van der Waals surface area contributed by atoms with E-state index in [0.29, 0.717) is 5.92 Å². The molecule has 0 saturated heterocycles. The van der Waals surface area contributed by atoms with E-state index in [9.17, 15) is 0 Å². The van der Waals surface area contributed by atoms with Gasteiger partial charge >= 0.3 is 0 Å². The largest absolute Gasteiger partial charge is 0.308 e. The number of pyridine rings is 1. The van der Waals surface area contributed by atoms with Crippen LogP contribution < -0.4 is 0 Å². The lowest BCUT2D eigenvalue weighted by Crippen LogP contribution is -2.07. The summed E-state index contributed by atoms with van der Waals surface area (Å²) in [6.45, 7) is 7.28. The molecule has 3 rings (SSSR count). The Hall–Kier alpha value is -2.16. The van der Waals surface area contributed by atoms with Gasteiger partial charge in [-0.05, 0) is 24.6 Å². The summed E-state index contributed by atoms with van der Waals surface area (Å²) >= 11 is 0. The second kappa shape index (κ2) is 5.08. The Labute approximate surface area is 119 Å². The van der Waals surface area contributed by atoms with Crippen LogP contribution in [0.25, 0.3) is 11.2 Å².